The van der Waals surface area contributed by atoms with E-state index in [1.54, 1.807) is 38.1 Å². The highest BCUT2D eigenvalue weighted by Crippen LogP contribution is 2.24. The zero-order chi connectivity index (χ0) is 17.9. The average molecular weight is 332 g/mol. The Balaban J connectivity index is 2.29. The third-order valence-electron chi connectivity index (χ3n) is 4.08. The fourth-order valence-corrected chi connectivity index (χ4v) is 2.72. The summed E-state index contributed by atoms with van der Waals surface area (Å²) in [7, 11) is 1.53. The van der Waals surface area contributed by atoms with Crippen LogP contribution < -0.4 is 16.4 Å². The van der Waals surface area contributed by atoms with E-state index in [4.69, 9.17) is 5.73 Å². The summed E-state index contributed by atoms with van der Waals surface area (Å²) in [5.41, 5.74) is 6.74. The minimum atomic E-state index is -0.591. The van der Waals surface area contributed by atoms with Crippen molar-refractivity contribution in [2.75, 3.05) is 18.9 Å². The predicted molar refractivity (Wildman–Crippen MR) is 91.4 cm³/mol. The summed E-state index contributed by atoms with van der Waals surface area (Å²) < 4.78 is 0. The summed E-state index contributed by atoms with van der Waals surface area (Å²) in [6.07, 6.45) is 0.423. The number of nitrogens with zero attached hydrogens (tertiary/aromatic N) is 1. The molecule has 1 aliphatic heterocycles. The normalized spacial score (nSPS) is 20.1. The predicted octanol–water partition coefficient (Wildman–Crippen LogP) is 0.569. The van der Waals surface area contributed by atoms with Crippen LogP contribution in [0, 0.1) is 5.92 Å². The van der Waals surface area contributed by atoms with E-state index < -0.39 is 6.04 Å². The lowest BCUT2D eigenvalue weighted by molar-refractivity contribution is -0.124. The van der Waals surface area contributed by atoms with Crippen molar-refractivity contribution in [3.63, 3.8) is 0 Å². The van der Waals surface area contributed by atoms with Crippen LogP contribution in [0.4, 0.5) is 5.69 Å². The second-order valence-corrected chi connectivity index (χ2v) is 6.27. The van der Waals surface area contributed by atoms with Gasteiger partial charge in [-0.15, -0.1) is 0 Å². The number of likely N-dealkylation sites (tertiary alicyclic amines) is 1. The van der Waals surface area contributed by atoms with Crippen LogP contribution in [0.3, 0.4) is 0 Å². The number of nitrogens with one attached hydrogen (secondary N) is 2. The molecule has 1 aliphatic rings. The Morgan fingerprint density at radius 3 is 2.54 bits per heavy atom. The number of benzene rings is 1. The third kappa shape index (κ3) is 3.73. The molecule has 3 amide bonds. The van der Waals surface area contributed by atoms with Gasteiger partial charge in [0.2, 0.25) is 11.8 Å². The van der Waals surface area contributed by atoms with Crippen molar-refractivity contribution in [3.8, 4) is 0 Å². The Labute approximate surface area is 141 Å². The Bertz CT molecular complexity index is 644. The Kier molecular flexibility index (Phi) is 5.56. The summed E-state index contributed by atoms with van der Waals surface area (Å²) in [6, 6.07) is 5.96. The Hall–Kier alpha value is -2.41. The molecular weight excluding hydrogens is 308 g/mol. The highest BCUT2D eigenvalue weighted by Gasteiger charge is 2.38. The molecule has 1 heterocycles. The van der Waals surface area contributed by atoms with Crippen LogP contribution in [0.15, 0.2) is 24.3 Å². The molecule has 1 saturated heterocycles. The number of carbonyl (C=O) groups is 3. The van der Waals surface area contributed by atoms with E-state index in [9.17, 15) is 14.4 Å². The molecule has 4 N–H and O–H groups in total. The molecule has 0 spiro atoms. The molecule has 0 unspecified atom stereocenters. The molecule has 7 nitrogen and oxygen atoms in total. The monoisotopic (exact) mass is 332 g/mol. The van der Waals surface area contributed by atoms with Crippen LogP contribution in [0.5, 0.6) is 0 Å². The van der Waals surface area contributed by atoms with E-state index in [2.05, 4.69) is 10.6 Å². The van der Waals surface area contributed by atoms with E-state index in [1.807, 2.05) is 0 Å². The first-order chi connectivity index (χ1) is 11.3. The van der Waals surface area contributed by atoms with Gasteiger partial charge in [-0.3, -0.25) is 14.4 Å². The number of likely N-dealkylation sites (N-methyl/N-ethyl adjacent to an activating group) is 1. The lowest BCUT2D eigenvalue weighted by Crippen LogP contribution is -2.45. The van der Waals surface area contributed by atoms with Crippen LogP contribution in [0.25, 0.3) is 0 Å². The molecule has 1 aromatic rings. The zero-order valence-corrected chi connectivity index (χ0v) is 14.2. The number of nitrogens with two attached hydrogens (primary N) is 1. The first-order valence-corrected chi connectivity index (χ1v) is 8.03. The molecular formula is C17H24N4O3. The number of hydrogen-bond donors (Lipinski definition) is 3. The molecule has 0 aliphatic carbocycles. The number of hydrogen-bond acceptors (Lipinski definition) is 4. The molecule has 24 heavy (non-hydrogen) atoms. The number of rotatable bonds is 4. The van der Waals surface area contributed by atoms with Crippen LogP contribution >= 0.6 is 0 Å². The van der Waals surface area contributed by atoms with E-state index in [0.717, 1.165) is 0 Å². The molecule has 0 bridgehead atoms. The third-order valence-corrected chi connectivity index (χ3v) is 4.08. The lowest BCUT2D eigenvalue weighted by atomic mass is 10.1. The quantitative estimate of drug-likeness (QED) is 0.749. The van der Waals surface area contributed by atoms with Crippen LogP contribution in [0.1, 0.15) is 30.6 Å². The smallest absolute Gasteiger partial charge is 0.256 e. The van der Waals surface area contributed by atoms with Gasteiger partial charge in [0, 0.05) is 25.6 Å². The molecule has 0 aromatic heterocycles. The summed E-state index contributed by atoms with van der Waals surface area (Å²) in [5, 5.41) is 5.33. The molecule has 2 atom stereocenters. The zero-order valence-electron chi connectivity index (χ0n) is 14.2. The van der Waals surface area contributed by atoms with Gasteiger partial charge in [-0.1, -0.05) is 26.0 Å². The van der Waals surface area contributed by atoms with Crippen molar-refractivity contribution in [2.24, 2.45) is 11.7 Å². The van der Waals surface area contributed by atoms with Crippen molar-refractivity contribution < 1.29 is 14.4 Å². The van der Waals surface area contributed by atoms with E-state index in [-0.39, 0.29) is 29.7 Å². The average Bonchev–Trinajstić information content (AvgIpc) is 2.95. The van der Waals surface area contributed by atoms with Crippen LogP contribution in [-0.2, 0) is 9.59 Å². The first kappa shape index (κ1) is 17.9. The Morgan fingerprint density at radius 1 is 1.25 bits per heavy atom. The van der Waals surface area contributed by atoms with Crippen molar-refractivity contribution in [2.45, 2.75) is 32.4 Å². The van der Waals surface area contributed by atoms with E-state index in [1.165, 1.54) is 11.9 Å². The highest BCUT2D eigenvalue weighted by molar-refractivity contribution is 6.05. The van der Waals surface area contributed by atoms with Gasteiger partial charge in [0.05, 0.1) is 11.3 Å². The van der Waals surface area contributed by atoms with Gasteiger partial charge >= 0.3 is 0 Å². The highest BCUT2D eigenvalue weighted by atomic mass is 16.2. The van der Waals surface area contributed by atoms with Crippen molar-refractivity contribution in [1.82, 2.24) is 10.2 Å². The fourth-order valence-electron chi connectivity index (χ4n) is 2.72. The minimum Gasteiger partial charge on any atom is -0.357 e. The lowest BCUT2D eigenvalue weighted by Gasteiger charge is -2.24. The van der Waals surface area contributed by atoms with Crippen LogP contribution in [-0.4, -0.2) is 48.3 Å². The summed E-state index contributed by atoms with van der Waals surface area (Å²) >= 11 is 0. The topological polar surface area (TPSA) is 105 Å². The number of amides is 3. The van der Waals surface area contributed by atoms with E-state index >= 15 is 0 Å². The molecule has 0 radical (unpaired) electrons. The van der Waals surface area contributed by atoms with Crippen molar-refractivity contribution in [1.29, 1.82) is 0 Å². The van der Waals surface area contributed by atoms with Crippen molar-refractivity contribution >= 4 is 23.4 Å². The summed E-state index contributed by atoms with van der Waals surface area (Å²) in [4.78, 5) is 38.4. The molecule has 1 aromatic carbocycles. The van der Waals surface area contributed by atoms with Gasteiger partial charge in [0.25, 0.3) is 5.91 Å². The second-order valence-electron chi connectivity index (χ2n) is 6.27. The van der Waals surface area contributed by atoms with Gasteiger partial charge in [-0.2, -0.15) is 0 Å². The van der Waals surface area contributed by atoms with Gasteiger partial charge in [-0.25, -0.2) is 0 Å². The maximum atomic E-state index is 12.9. The minimum absolute atomic E-state index is 0.170. The molecule has 1 fully saturated rings. The SMILES string of the molecule is CNC(=O)[C@@H]1C[C@H](N)CN1C(=O)c1ccccc1NC(=O)C(C)C. The van der Waals surface area contributed by atoms with Gasteiger partial charge in [-0.05, 0) is 18.6 Å². The Morgan fingerprint density at radius 2 is 1.92 bits per heavy atom. The van der Waals surface area contributed by atoms with Gasteiger partial charge in [0.1, 0.15) is 6.04 Å². The molecule has 0 saturated carbocycles. The summed E-state index contributed by atoms with van der Waals surface area (Å²) in [5.74, 6) is -0.917. The maximum Gasteiger partial charge on any atom is 0.256 e. The number of anilines is 1. The van der Waals surface area contributed by atoms with E-state index in [0.29, 0.717) is 24.2 Å². The standard InChI is InChI=1S/C17H24N4O3/c1-10(2)15(22)20-13-7-5-4-6-12(13)17(24)21-9-11(18)8-14(21)16(23)19-3/h4-7,10-11,14H,8-9,18H2,1-3H3,(H,19,23)(H,20,22)/t11-,14-/m0/s1. The fraction of sp³-hybridized carbons (Fsp3) is 0.471. The van der Waals surface area contributed by atoms with Crippen LogP contribution in [0.2, 0.25) is 0 Å². The van der Waals surface area contributed by atoms with Crippen molar-refractivity contribution in [3.05, 3.63) is 29.8 Å². The number of carbonyl (C=O) groups excluding carboxylic acids is 3. The number of para-hydroxylation sites is 1. The second kappa shape index (κ2) is 7.44. The first-order valence-electron chi connectivity index (χ1n) is 8.03. The van der Waals surface area contributed by atoms with Gasteiger partial charge in [0.15, 0.2) is 0 Å². The molecule has 2 rings (SSSR count). The van der Waals surface area contributed by atoms with Gasteiger partial charge < -0.3 is 21.3 Å². The maximum absolute atomic E-state index is 12.9. The molecule has 7 heteroatoms. The summed E-state index contributed by atoms with van der Waals surface area (Å²) in [6.45, 7) is 3.87. The largest absolute Gasteiger partial charge is 0.357 e. The molecule has 130 valence electrons.